The van der Waals surface area contributed by atoms with Gasteiger partial charge in [-0.2, -0.15) is 0 Å². The van der Waals surface area contributed by atoms with Crippen molar-refractivity contribution in [2.24, 2.45) is 11.8 Å². The van der Waals surface area contributed by atoms with Gasteiger partial charge in [-0.05, 0) is 53.2 Å². The van der Waals surface area contributed by atoms with Crippen LogP contribution in [0, 0.1) is 11.8 Å². The van der Waals surface area contributed by atoms with Crippen LogP contribution in [0.5, 0.6) is 0 Å². The van der Waals surface area contributed by atoms with Crippen molar-refractivity contribution in [3.63, 3.8) is 0 Å². The molecule has 0 amide bonds. The maximum absolute atomic E-state index is 5.71. The number of nitrogens with one attached hydrogen (secondary N) is 1. The molecule has 1 aromatic rings. The highest BCUT2D eigenvalue weighted by Crippen LogP contribution is 2.40. The van der Waals surface area contributed by atoms with Gasteiger partial charge in [0, 0.05) is 0 Å². The van der Waals surface area contributed by atoms with Crippen molar-refractivity contribution in [2.45, 2.75) is 64.8 Å². The van der Waals surface area contributed by atoms with Gasteiger partial charge < -0.3 is 9.73 Å². The summed E-state index contributed by atoms with van der Waals surface area (Å²) in [6.07, 6.45) is 11.4. The van der Waals surface area contributed by atoms with Crippen molar-refractivity contribution < 1.29 is 4.42 Å². The predicted octanol–water partition coefficient (Wildman–Crippen LogP) is 5.69. The molecule has 1 atom stereocenters. The van der Waals surface area contributed by atoms with Crippen molar-refractivity contribution in [3.8, 4) is 0 Å². The molecule has 0 aliphatic heterocycles. The molecule has 1 aliphatic carbocycles. The van der Waals surface area contributed by atoms with E-state index < -0.39 is 0 Å². The van der Waals surface area contributed by atoms with Gasteiger partial charge in [-0.1, -0.05) is 46.0 Å². The van der Waals surface area contributed by atoms with E-state index in [0.29, 0.717) is 6.04 Å². The molecule has 1 aliphatic rings. The fourth-order valence-electron chi connectivity index (χ4n) is 3.52. The van der Waals surface area contributed by atoms with E-state index in [1.165, 1.54) is 44.9 Å². The lowest BCUT2D eigenvalue weighted by Gasteiger charge is -2.33. The molecule has 1 unspecified atom stereocenters. The van der Waals surface area contributed by atoms with Crippen LogP contribution in [0.2, 0.25) is 0 Å². The Morgan fingerprint density at radius 1 is 1.30 bits per heavy atom. The summed E-state index contributed by atoms with van der Waals surface area (Å²) in [5, 5.41) is 3.63. The molecule has 0 saturated heterocycles. The van der Waals surface area contributed by atoms with Crippen LogP contribution in [-0.2, 0) is 0 Å². The summed E-state index contributed by atoms with van der Waals surface area (Å²) >= 11 is 3.62. The minimum atomic E-state index is 0.372. The zero-order chi connectivity index (χ0) is 14.4. The maximum atomic E-state index is 5.71. The Bertz CT molecular complexity index is 382. The van der Waals surface area contributed by atoms with E-state index in [-0.39, 0.29) is 0 Å². The molecule has 1 N–H and O–H groups in total. The van der Waals surface area contributed by atoms with Crippen LogP contribution in [0.1, 0.15) is 70.6 Å². The van der Waals surface area contributed by atoms with Gasteiger partial charge in [-0.3, -0.25) is 0 Å². The second-order valence-electron chi connectivity index (χ2n) is 6.09. The highest BCUT2D eigenvalue weighted by atomic mass is 79.9. The third-order valence-corrected chi connectivity index (χ3v) is 5.34. The number of hydrogen-bond acceptors (Lipinski definition) is 2. The molecule has 0 spiro atoms. The Kier molecular flexibility index (Phi) is 6.63. The zero-order valence-electron chi connectivity index (χ0n) is 12.8. The first-order valence-corrected chi connectivity index (χ1v) is 9.01. The van der Waals surface area contributed by atoms with Gasteiger partial charge in [0.05, 0.1) is 16.8 Å². The average Bonchev–Trinajstić information content (AvgIpc) is 2.89. The van der Waals surface area contributed by atoms with E-state index in [1.807, 2.05) is 6.07 Å². The quantitative estimate of drug-likeness (QED) is 0.689. The lowest BCUT2D eigenvalue weighted by Crippen LogP contribution is -2.31. The lowest BCUT2D eigenvalue weighted by molar-refractivity contribution is 0.198. The van der Waals surface area contributed by atoms with E-state index in [1.54, 1.807) is 6.26 Å². The third-order valence-electron chi connectivity index (χ3n) is 4.68. The summed E-state index contributed by atoms with van der Waals surface area (Å²) in [6, 6.07) is 2.38. The summed E-state index contributed by atoms with van der Waals surface area (Å²) in [7, 11) is 0. The van der Waals surface area contributed by atoms with Crippen molar-refractivity contribution >= 4 is 15.9 Å². The molecule has 114 valence electrons. The Hall–Kier alpha value is -0.280. The smallest absolute Gasteiger partial charge is 0.135 e. The topological polar surface area (TPSA) is 25.2 Å². The van der Waals surface area contributed by atoms with Crippen molar-refractivity contribution in [2.75, 3.05) is 6.54 Å². The van der Waals surface area contributed by atoms with Gasteiger partial charge >= 0.3 is 0 Å². The second-order valence-corrected chi connectivity index (χ2v) is 6.95. The first-order valence-electron chi connectivity index (χ1n) is 8.22. The molecular weight excluding hydrogens is 314 g/mol. The van der Waals surface area contributed by atoms with Crippen LogP contribution >= 0.6 is 15.9 Å². The first kappa shape index (κ1) is 16.1. The molecule has 3 heteroatoms. The summed E-state index contributed by atoms with van der Waals surface area (Å²) in [5.41, 5.74) is 0. The van der Waals surface area contributed by atoms with E-state index >= 15 is 0 Å². The molecule has 1 heterocycles. The SMILES string of the molecule is CCCCC1CCC(C(NCC)c2occc2Br)CC1. The normalized spacial score (nSPS) is 24.8. The maximum Gasteiger partial charge on any atom is 0.135 e. The molecule has 1 saturated carbocycles. The van der Waals surface area contributed by atoms with Crippen molar-refractivity contribution in [3.05, 3.63) is 22.6 Å². The predicted molar refractivity (Wildman–Crippen MR) is 87.8 cm³/mol. The van der Waals surface area contributed by atoms with Gasteiger partial charge in [0.2, 0.25) is 0 Å². The van der Waals surface area contributed by atoms with Crippen LogP contribution < -0.4 is 5.32 Å². The van der Waals surface area contributed by atoms with Crippen LogP contribution in [0.4, 0.5) is 0 Å². The van der Waals surface area contributed by atoms with E-state index in [2.05, 4.69) is 35.1 Å². The van der Waals surface area contributed by atoms with Gasteiger partial charge in [0.15, 0.2) is 0 Å². The number of unbranched alkanes of at least 4 members (excludes halogenated alkanes) is 1. The molecule has 1 fully saturated rings. The molecule has 0 aromatic carbocycles. The minimum Gasteiger partial charge on any atom is -0.466 e. The van der Waals surface area contributed by atoms with Crippen LogP contribution in [0.3, 0.4) is 0 Å². The molecular formula is C17H28BrNO. The highest BCUT2D eigenvalue weighted by Gasteiger charge is 2.30. The van der Waals surface area contributed by atoms with Crippen LogP contribution in [0.15, 0.2) is 21.2 Å². The monoisotopic (exact) mass is 341 g/mol. The van der Waals surface area contributed by atoms with Crippen LogP contribution in [-0.4, -0.2) is 6.54 Å². The molecule has 0 radical (unpaired) electrons. The zero-order valence-corrected chi connectivity index (χ0v) is 14.4. The summed E-state index contributed by atoms with van der Waals surface area (Å²) in [4.78, 5) is 0. The molecule has 0 bridgehead atoms. The Morgan fingerprint density at radius 2 is 2.05 bits per heavy atom. The van der Waals surface area contributed by atoms with Gasteiger partial charge in [-0.25, -0.2) is 0 Å². The lowest BCUT2D eigenvalue weighted by atomic mass is 9.76. The van der Waals surface area contributed by atoms with E-state index in [4.69, 9.17) is 4.42 Å². The van der Waals surface area contributed by atoms with E-state index in [9.17, 15) is 0 Å². The van der Waals surface area contributed by atoms with E-state index in [0.717, 1.165) is 28.6 Å². The largest absolute Gasteiger partial charge is 0.466 e. The van der Waals surface area contributed by atoms with Crippen LogP contribution in [0.25, 0.3) is 0 Å². The Balaban J connectivity index is 1.93. The summed E-state index contributed by atoms with van der Waals surface area (Å²) < 4.78 is 6.82. The van der Waals surface area contributed by atoms with Crippen molar-refractivity contribution in [1.29, 1.82) is 0 Å². The molecule has 20 heavy (non-hydrogen) atoms. The highest BCUT2D eigenvalue weighted by molar-refractivity contribution is 9.10. The number of hydrogen-bond donors (Lipinski definition) is 1. The van der Waals surface area contributed by atoms with Gasteiger partial charge in [0.1, 0.15) is 5.76 Å². The fourth-order valence-corrected chi connectivity index (χ4v) is 3.97. The first-order chi connectivity index (χ1) is 9.76. The average molecular weight is 342 g/mol. The van der Waals surface area contributed by atoms with Gasteiger partial charge in [0.25, 0.3) is 0 Å². The Morgan fingerprint density at radius 3 is 2.60 bits per heavy atom. The summed E-state index contributed by atoms with van der Waals surface area (Å²) in [5.74, 6) is 2.77. The van der Waals surface area contributed by atoms with Crippen molar-refractivity contribution in [1.82, 2.24) is 5.32 Å². The number of rotatable bonds is 7. The van der Waals surface area contributed by atoms with Gasteiger partial charge in [-0.15, -0.1) is 0 Å². The molecule has 2 nitrogen and oxygen atoms in total. The second kappa shape index (κ2) is 8.23. The standard InChI is InChI=1S/C17H28BrNO/c1-3-5-6-13-7-9-14(10-8-13)16(19-4-2)17-15(18)11-12-20-17/h11-14,16,19H,3-10H2,1-2H3. The Labute approximate surface area is 131 Å². The minimum absolute atomic E-state index is 0.372. The fraction of sp³-hybridized carbons (Fsp3) is 0.765. The number of halogens is 1. The third kappa shape index (κ3) is 4.11. The number of furan rings is 1. The summed E-state index contributed by atoms with van der Waals surface area (Å²) in [6.45, 7) is 5.46. The molecule has 1 aromatic heterocycles. The molecule has 2 rings (SSSR count).